The molecule has 0 N–H and O–H groups in total. The number of pyridine rings is 1. The molecule has 146 valence electrons. The molecule has 0 saturated carbocycles. The first-order valence-electron chi connectivity index (χ1n) is 9.05. The molecule has 1 aromatic carbocycles. The van der Waals surface area contributed by atoms with E-state index in [0.29, 0.717) is 25.9 Å². The molecule has 1 aliphatic heterocycles. The second-order valence-corrected chi connectivity index (χ2v) is 9.00. The maximum absolute atomic E-state index is 13.3. The average molecular weight is 400 g/mol. The highest BCUT2D eigenvalue weighted by atomic mass is 32.2. The number of aryl methyl sites for hydroxylation is 1. The van der Waals surface area contributed by atoms with Crippen molar-refractivity contribution >= 4 is 10.0 Å². The second-order valence-electron chi connectivity index (χ2n) is 7.02. The van der Waals surface area contributed by atoms with Gasteiger partial charge in [-0.25, -0.2) is 17.1 Å². The zero-order valence-corrected chi connectivity index (χ0v) is 16.6. The van der Waals surface area contributed by atoms with Crippen LogP contribution in [-0.2, 0) is 29.9 Å². The SMILES string of the molecule is Cn1cc(-c2ccnc3c2CCN(S(C)(=O)=O)CC3)c(-c2ccc(F)cc2)n1. The lowest BCUT2D eigenvalue weighted by atomic mass is 9.95. The third kappa shape index (κ3) is 3.57. The van der Waals surface area contributed by atoms with Gasteiger partial charge in [-0.05, 0) is 47.9 Å². The Morgan fingerprint density at radius 3 is 2.46 bits per heavy atom. The molecule has 3 aromatic rings. The Labute approximate surface area is 163 Å². The maximum atomic E-state index is 13.3. The lowest BCUT2D eigenvalue weighted by Gasteiger charge is -2.16. The van der Waals surface area contributed by atoms with Crippen molar-refractivity contribution in [3.05, 3.63) is 59.8 Å². The van der Waals surface area contributed by atoms with Crippen LogP contribution in [0.3, 0.4) is 0 Å². The predicted octanol–water partition coefficient (Wildman–Crippen LogP) is 2.65. The lowest BCUT2D eigenvalue weighted by molar-refractivity contribution is 0.430. The van der Waals surface area contributed by atoms with Gasteiger partial charge in [-0.15, -0.1) is 0 Å². The van der Waals surface area contributed by atoms with Crippen LogP contribution >= 0.6 is 0 Å². The van der Waals surface area contributed by atoms with Crippen molar-refractivity contribution in [2.45, 2.75) is 12.8 Å². The van der Waals surface area contributed by atoms with Crippen LogP contribution in [0, 0.1) is 5.82 Å². The first-order valence-corrected chi connectivity index (χ1v) is 10.9. The van der Waals surface area contributed by atoms with Crippen LogP contribution in [0.5, 0.6) is 0 Å². The molecule has 0 fully saturated rings. The summed E-state index contributed by atoms with van der Waals surface area (Å²) in [5, 5.41) is 4.58. The van der Waals surface area contributed by atoms with Gasteiger partial charge in [0.2, 0.25) is 10.0 Å². The monoisotopic (exact) mass is 400 g/mol. The fraction of sp³-hybridized carbons (Fsp3) is 0.300. The normalized spacial score (nSPS) is 15.2. The molecule has 0 spiro atoms. The highest BCUT2D eigenvalue weighted by Gasteiger charge is 2.24. The van der Waals surface area contributed by atoms with Crippen LogP contribution in [0.15, 0.2) is 42.7 Å². The highest BCUT2D eigenvalue weighted by molar-refractivity contribution is 7.88. The minimum absolute atomic E-state index is 0.292. The number of hydrogen-bond acceptors (Lipinski definition) is 4. The molecule has 2 aromatic heterocycles. The first kappa shape index (κ1) is 18.8. The van der Waals surface area contributed by atoms with Gasteiger partial charge in [0, 0.05) is 55.8 Å². The van der Waals surface area contributed by atoms with Crippen LogP contribution in [0.4, 0.5) is 4.39 Å². The highest BCUT2D eigenvalue weighted by Crippen LogP contribution is 2.35. The number of rotatable bonds is 3. The van der Waals surface area contributed by atoms with Crippen LogP contribution in [-0.4, -0.2) is 46.8 Å². The summed E-state index contributed by atoms with van der Waals surface area (Å²) in [4.78, 5) is 4.50. The minimum Gasteiger partial charge on any atom is -0.275 e. The Bertz CT molecular complexity index is 1120. The molecule has 0 unspecified atom stereocenters. The van der Waals surface area contributed by atoms with Crippen molar-refractivity contribution in [1.82, 2.24) is 19.1 Å². The summed E-state index contributed by atoms with van der Waals surface area (Å²) in [6.07, 6.45) is 6.09. The van der Waals surface area contributed by atoms with E-state index in [-0.39, 0.29) is 5.82 Å². The zero-order chi connectivity index (χ0) is 19.9. The van der Waals surface area contributed by atoms with E-state index in [0.717, 1.165) is 33.6 Å². The van der Waals surface area contributed by atoms with Gasteiger partial charge in [0.05, 0.1) is 6.26 Å². The van der Waals surface area contributed by atoms with Gasteiger partial charge >= 0.3 is 0 Å². The molecule has 28 heavy (non-hydrogen) atoms. The summed E-state index contributed by atoms with van der Waals surface area (Å²) in [6, 6.07) is 8.22. The number of aromatic nitrogens is 3. The molecule has 0 aliphatic carbocycles. The number of halogens is 1. The summed E-state index contributed by atoms with van der Waals surface area (Å²) in [5.74, 6) is -0.292. The van der Waals surface area contributed by atoms with Gasteiger partial charge in [-0.1, -0.05) is 0 Å². The van der Waals surface area contributed by atoms with E-state index >= 15 is 0 Å². The molecule has 1 aliphatic rings. The van der Waals surface area contributed by atoms with Crippen LogP contribution in [0.25, 0.3) is 22.4 Å². The zero-order valence-electron chi connectivity index (χ0n) is 15.8. The van der Waals surface area contributed by atoms with E-state index in [4.69, 9.17) is 0 Å². The standard InChI is InChI=1S/C20H21FN4O2S/c1-24-13-18(20(23-24)14-3-5-15(21)6-4-14)16-7-10-22-19-9-12-25(28(2,26)27)11-8-17(16)19/h3-7,10,13H,8-9,11-12H2,1-2H3. The summed E-state index contributed by atoms with van der Waals surface area (Å²) < 4.78 is 40.5. The molecule has 3 heterocycles. The van der Waals surface area contributed by atoms with E-state index < -0.39 is 10.0 Å². The third-order valence-corrected chi connectivity index (χ3v) is 6.36. The molecule has 0 atom stereocenters. The summed E-state index contributed by atoms with van der Waals surface area (Å²) in [7, 11) is -1.39. The molecule has 0 radical (unpaired) electrons. The second kappa shape index (κ2) is 7.10. The topological polar surface area (TPSA) is 68.1 Å². The fourth-order valence-corrected chi connectivity index (χ4v) is 4.55. The Morgan fingerprint density at radius 1 is 1.04 bits per heavy atom. The van der Waals surface area contributed by atoms with Gasteiger partial charge in [-0.2, -0.15) is 5.10 Å². The molecule has 6 nitrogen and oxygen atoms in total. The van der Waals surface area contributed by atoms with Crippen molar-refractivity contribution in [2.24, 2.45) is 7.05 Å². The number of sulfonamides is 1. The smallest absolute Gasteiger partial charge is 0.211 e. The number of nitrogens with zero attached hydrogens (tertiary/aromatic N) is 4. The van der Waals surface area contributed by atoms with Crippen molar-refractivity contribution in [1.29, 1.82) is 0 Å². The van der Waals surface area contributed by atoms with Gasteiger partial charge in [0.1, 0.15) is 11.5 Å². The molecule has 0 saturated heterocycles. The Morgan fingerprint density at radius 2 is 1.75 bits per heavy atom. The lowest BCUT2D eigenvalue weighted by Crippen LogP contribution is -2.32. The fourth-order valence-electron chi connectivity index (χ4n) is 3.70. The molecular weight excluding hydrogens is 379 g/mol. The van der Waals surface area contributed by atoms with E-state index in [1.54, 1.807) is 23.0 Å². The van der Waals surface area contributed by atoms with E-state index in [9.17, 15) is 12.8 Å². The van der Waals surface area contributed by atoms with Gasteiger partial charge in [0.25, 0.3) is 0 Å². The summed E-state index contributed by atoms with van der Waals surface area (Å²) in [6.45, 7) is 0.858. The quantitative estimate of drug-likeness (QED) is 0.678. The minimum atomic E-state index is -3.24. The van der Waals surface area contributed by atoms with Crippen molar-refractivity contribution in [3.63, 3.8) is 0 Å². The molecule has 0 amide bonds. The van der Waals surface area contributed by atoms with E-state index in [1.165, 1.54) is 22.7 Å². The Kier molecular flexibility index (Phi) is 4.76. The van der Waals surface area contributed by atoms with Gasteiger partial charge < -0.3 is 0 Å². The Hall–Kier alpha value is -2.58. The predicted molar refractivity (Wildman–Crippen MR) is 106 cm³/mol. The molecule has 4 rings (SSSR count). The number of fused-ring (bicyclic) bond motifs is 1. The van der Waals surface area contributed by atoms with E-state index in [2.05, 4.69) is 10.1 Å². The van der Waals surface area contributed by atoms with Crippen LogP contribution < -0.4 is 0 Å². The molecular formula is C20H21FN4O2S. The number of benzene rings is 1. The van der Waals surface area contributed by atoms with Crippen LogP contribution in [0.2, 0.25) is 0 Å². The van der Waals surface area contributed by atoms with Crippen molar-refractivity contribution < 1.29 is 12.8 Å². The molecule has 0 bridgehead atoms. The van der Waals surface area contributed by atoms with E-state index in [1.807, 2.05) is 19.3 Å². The maximum Gasteiger partial charge on any atom is 0.211 e. The van der Waals surface area contributed by atoms with Crippen molar-refractivity contribution in [3.8, 4) is 22.4 Å². The third-order valence-electron chi connectivity index (χ3n) is 5.06. The Balaban J connectivity index is 1.80. The van der Waals surface area contributed by atoms with Crippen molar-refractivity contribution in [2.75, 3.05) is 19.3 Å². The first-order chi connectivity index (χ1) is 13.3. The van der Waals surface area contributed by atoms with Crippen LogP contribution in [0.1, 0.15) is 11.3 Å². The molecule has 8 heteroatoms. The summed E-state index contributed by atoms with van der Waals surface area (Å²) >= 11 is 0. The number of hydrogen-bond donors (Lipinski definition) is 0. The summed E-state index contributed by atoms with van der Waals surface area (Å²) in [5.41, 5.74) is 5.48. The largest absolute Gasteiger partial charge is 0.275 e. The average Bonchev–Trinajstić information content (AvgIpc) is 2.88. The van der Waals surface area contributed by atoms with Gasteiger partial charge in [0.15, 0.2) is 0 Å². The van der Waals surface area contributed by atoms with Gasteiger partial charge in [-0.3, -0.25) is 9.67 Å².